The lowest BCUT2D eigenvalue weighted by Gasteiger charge is -2.36. The average molecular weight is 499 g/mol. The second-order valence-corrected chi connectivity index (χ2v) is 9.23. The van der Waals surface area contributed by atoms with Crippen molar-refractivity contribution in [3.8, 4) is 11.5 Å². The van der Waals surface area contributed by atoms with Crippen molar-refractivity contribution in [3.63, 3.8) is 0 Å². The largest absolute Gasteiger partial charge is 0.493 e. The molecule has 4 atom stereocenters. The Labute approximate surface area is 212 Å². The van der Waals surface area contributed by atoms with E-state index in [-0.39, 0.29) is 11.5 Å². The zero-order chi connectivity index (χ0) is 25.8. The maximum Gasteiger partial charge on any atom is 0.240 e. The Morgan fingerprint density at radius 3 is 2.30 bits per heavy atom. The van der Waals surface area contributed by atoms with Crippen LogP contribution in [0.4, 0.5) is 15.8 Å². The average Bonchev–Trinajstić information content (AvgIpc) is 3.41. The molecule has 8 heteroatoms. The lowest BCUT2D eigenvalue weighted by atomic mass is 9.86. The second-order valence-electron chi connectivity index (χ2n) is 9.23. The Balaban J connectivity index is 1.48. The number of carbonyl (C=O) groups is 3. The van der Waals surface area contributed by atoms with Crippen molar-refractivity contribution in [2.24, 2.45) is 11.8 Å². The van der Waals surface area contributed by atoms with E-state index in [0.717, 1.165) is 16.2 Å². The number of halogens is 1. The fourth-order valence-corrected chi connectivity index (χ4v) is 5.82. The van der Waals surface area contributed by atoms with E-state index in [4.69, 9.17) is 9.47 Å². The van der Waals surface area contributed by atoms with Gasteiger partial charge in [0.2, 0.25) is 11.8 Å². The summed E-state index contributed by atoms with van der Waals surface area (Å²) < 4.78 is 24.3. The zero-order valence-corrected chi connectivity index (χ0v) is 20.1. The number of methoxy groups -OCH3 is 2. The first kappa shape index (κ1) is 23.0. The standard InChI is InChI=1S/C29H23FN2O5/c1-36-22-14-8-17(15-23(22)37-2)27(33)26-25-24(21-13-7-16-5-3-4-6-20(16)32(21)26)28(34)31(29(25)35)19-11-9-18(30)10-12-19/h3-15,21,24-26H,1-2H3. The highest BCUT2D eigenvalue weighted by molar-refractivity contribution is 6.25. The van der Waals surface area contributed by atoms with Gasteiger partial charge in [-0.15, -0.1) is 0 Å². The van der Waals surface area contributed by atoms with E-state index in [9.17, 15) is 18.8 Å². The second kappa shape index (κ2) is 8.58. The van der Waals surface area contributed by atoms with Gasteiger partial charge in [0.25, 0.3) is 0 Å². The summed E-state index contributed by atoms with van der Waals surface area (Å²) in [5.41, 5.74) is 2.32. The molecule has 0 saturated carbocycles. The number of benzene rings is 3. The Hall–Kier alpha value is -4.46. The topological polar surface area (TPSA) is 76.2 Å². The fourth-order valence-electron chi connectivity index (χ4n) is 5.82. The lowest BCUT2D eigenvalue weighted by Crippen LogP contribution is -2.48. The molecule has 3 aromatic rings. The molecular weight excluding hydrogens is 475 g/mol. The third-order valence-electron chi connectivity index (χ3n) is 7.44. The molecule has 0 N–H and O–H groups in total. The van der Waals surface area contributed by atoms with Crippen LogP contribution in [0.25, 0.3) is 6.08 Å². The quantitative estimate of drug-likeness (QED) is 0.389. The molecule has 0 aromatic heterocycles. The van der Waals surface area contributed by atoms with Gasteiger partial charge in [-0.2, -0.15) is 0 Å². The van der Waals surface area contributed by atoms with Crippen molar-refractivity contribution >= 4 is 35.0 Å². The van der Waals surface area contributed by atoms with E-state index in [1.807, 2.05) is 41.3 Å². The summed E-state index contributed by atoms with van der Waals surface area (Å²) in [6.07, 6.45) is 3.82. The Bertz CT molecular complexity index is 1470. The molecule has 0 bridgehead atoms. The monoisotopic (exact) mass is 498 g/mol. The SMILES string of the molecule is COc1ccc(C(=O)C2C3C(=O)N(c4ccc(F)cc4)C(=O)C3C3C=Cc4ccccc4N32)cc1OC. The van der Waals surface area contributed by atoms with E-state index in [1.165, 1.54) is 38.5 Å². The van der Waals surface area contributed by atoms with Crippen LogP contribution in [0.1, 0.15) is 15.9 Å². The van der Waals surface area contributed by atoms with Gasteiger partial charge >= 0.3 is 0 Å². The van der Waals surface area contributed by atoms with Gasteiger partial charge < -0.3 is 14.4 Å². The molecule has 7 nitrogen and oxygen atoms in total. The van der Waals surface area contributed by atoms with E-state index < -0.39 is 41.6 Å². The van der Waals surface area contributed by atoms with E-state index >= 15 is 0 Å². The molecule has 4 unspecified atom stereocenters. The van der Waals surface area contributed by atoms with Crippen molar-refractivity contribution < 1.29 is 28.2 Å². The van der Waals surface area contributed by atoms with Gasteiger partial charge in [-0.3, -0.25) is 14.4 Å². The molecule has 2 amide bonds. The van der Waals surface area contributed by atoms with Crippen LogP contribution in [-0.4, -0.2) is 43.9 Å². The number of Topliss-reactive ketones (excluding diaryl/α,β-unsaturated/α-hetero) is 1. The van der Waals surface area contributed by atoms with Crippen LogP contribution < -0.4 is 19.3 Å². The third-order valence-corrected chi connectivity index (χ3v) is 7.44. The highest BCUT2D eigenvalue weighted by Gasteiger charge is 2.64. The van der Waals surface area contributed by atoms with Crippen LogP contribution in [0.2, 0.25) is 0 Å². The summed E-state index contributed by atoms with van der Waals surface area (Å²) in [5.74, 6) is -2.46. The number of ether oxygens (including phenoxy) is 2. The van der Waals surface area contributed by atoms with Crippen LogP contribution in [0.15, 0.2) is 72.8 Å². The van der Waals surface area contributed by atoms with Crippen LogP contribution in [-0.2, 0) is 9.59 Å². The van der Waals surface area contributed by atoms with Gasteiger partial charge in [-0.1, -0.05) is 30.4 Å². The summed E-state index contributed by atoms with van der Waals surface area (Å²) in [6.45, 7) is 0. The van der Waals surface area contributed by atoms with E-state index in [0.29, 0.717) is 17.1 Å². The molecule has 3 aromatic carbocycles. The Morgan fingerprint density at radius 1 is 0.865 bits per heavy atom. The molecule has 6 rings (SSSR count). The molecule has 0 radical (unpaired) electrons. The van der Waals surface area contributed by atoms with E-state index in [1.54, 1.807) is 18.2 Å². The summed E-state index contributed by atoms with van der Waals surface area (Å²) in [4.78, 5) is 44.8. The van der Waals surface area contributed by atoms with Gasteiger partial charge in [0.05, 0.1) is 37.8 Å². The predicted molar refractivity (Wildman–Crippen MR) is 135 cm³/mol. The minimum atomic E-state index is -0.930. The number of imide groups is 1. The number of fused-ring (bicyclic) bond motifs is 5. The molecular formula is C29H23FN2O5. The maximum absolute atomic E-state index is 14.2. The molecule has 37 heavy (non-hydrogen) atoms. The molecule has 2 fully saturated rings. The third kappa shape index (κ3) is 3.36. The van der Waals surface area contributed by atoms with Crippen LogP contribution in [0, 0.1) is 17.7 Å². The number of rotatable bonds is 5. The highest BCUT2D eigenvalue weighted by atomic mass is 19.1. The van der Waals surface area contributed by atoms with Crippen LogP contribution >= 0.6 is 0 Å². The summed E-state index contributed by atoms with van der Waals surface area (Å²) in [5, 5.41) is 0. The van der Waals surface area contributed by atoms with Crippen LogP contribution in [0.3, 0.4) is 0 Å². The van der Waals surface area contributed by atoms with Crippen molar-refractivity contribution in [2.75, 3.05) is 24.0 Å². The summed E-state index contributed by atoms with van der Waals surface area (Å²) in [7, 11) is 2.99. The first-order valence-electron chi connectivity index (χ1n) is 11.9. The van der Waals surface area contributed by atoms with Crippen molar-refractivity contribution in [1.82, 2.24) is 0 Å². The number of hydrogen-bond acceptors (Lipinski definition) is 6. The molecule has 3 heterocycles. The molecule has 3 aliphatic rings. The number of nitrogens with zero attached hydrogens (tertiary/aromatic N) is 2. The number of carbonyl (C=O) groups excluding carboxylic acids is 3. The van der Waals surface area contributed by atoms with E-state index in [2.05, 4.69) is 0 Å². The Kier molecular flexibility index (Phi) is 5.33. The minimum absolute atomic E-state index is 0.287. The van der Waals surface area contributed by atoms with Crippen molar-refractivity contribution in [2.45, 2.75) is 12.1 Å². The van der Waals surface area contributed by atoms with Crippen LogP contribution in [0.5, 0.6) is 11.5 Å². The van der Waals surface area contributed by atoms with Gasteiger partial charge in [0, 0.05) is 11.3 Å². The number of ketones is 1. The summed E-state index contributed by atoms with van der Waals surface area (Å²) >= 11 is 0. The highest BCUT2D eigenvalue weighted by Crippen LogP contribution is 2.50. The van der Waals surface area contributed by atoms with Gasteiger partial charge in [0.1, 0.15) is 11.9 Å². The zero-order valence-electron chi connectivity index (χ0n) is 20.1. The molecule has 186 valence electrons. The molecule has 3 aliphatic heterocycles. The number of amides is 2. The smallest absolute Gasteiger partial charge is 0.240 e. The number of para-hydroxylation sites is 1. The Morgan fingerprint density at radius 2 is 1.57 bits per heavy atom. The normalized spacial score (nSPS) is 23.5. The predicted octanol–water partition coefficient (Wildman–Crippen LogP) is 4.12. The van der Waals surface area contributed by atoms with Gasteiger partial charge in [-0.25, -0.2) is 9.29 Å². The summed E-state index contributed by atoms with van der Waals surface area (Å²) in [6, 6.07) is 16.3. The van der Waals surface area contributed by atoms with Gasteiger partial charge in [0.15, 0.2) is 17.3 Å². The molecule has 2 saturated heterocycles. The molecule has 0 spiro atoms. The van der Waals surface area contributed by atoms with Crippen molar-refractivity contribution in [3.05, 3.63) is 89.8 Å². The first-order valence-corrected chi connectivity index (χ1v) is 11.9. The lowest BCUT2D eigenvalue weighted by molar-refractivity contribution is -0.122. The number of anilines is 2. The first-order chi connectivity index (χ1) is 17.9. The minimum Gasteiger partial charge on any atom is -0.493 e. The fraction of sp³-hybridized carbons (Fsp3) is 0.207. The van der Waals surface area contributed by atoms with Gasteiger partial charge in [-0.05, 0) is 54.1 Å². The maximum atomic E-state index is 14.2. The van der Waals surface area contributed by atoms with Crippen molar-refractivity contribution in [1.29, 1.82) is 0 Å². The number of hydrogen-bond donors (Lipinski definition) is 0. The molecule has 0 aliphatic carbocycles.